The molecule has 0 saturated carbocycles. The van der Waals surface area contributed by atoms with Crippen LogP contribution in [0.1, 0.15) is 31.1 Å². The predicted octanol–water partition coefficient (Wildman–Crippen LogP) is 5.06. The van der Waals surface area contributed by atoms with Crippen molar-refractivity contribution >= 4 is 46.5 Å². The van der Waals surface area contributed by atoms with E-state index in [-0.39, 0.29) is 45.0 Å². The lowest BCUT2D eigenvalue weighted by Gasteiger charge is -2.18. The molecular weight excluding hydrogens is 441 g/mol. The van der Waals surface area contributed by atoms with Crippen molar-refractivity contribution in [2.75, 3.05) is 18.6 Å². The molecule has 1 aliphatic heterocycles. The molecule has 0 atom stereocenters. The molecule has 0 aliphatic carbocycles. The SMILES string of the molecule is COc1ccc(C(=O)COc2ccccc2N2C(=O)c3cc(Cl)c(Cl)cc3C2=O)cc1. The van der Waals surface area contributed by atoms with Crippen LogP contribution in [-0.4, -0.2) is 31.3 Å². The molecule has 0 spiro atoms. The number of para-hydroxylation sites is 2. The minimum absolute atomic E-state index is 0.156. The van der Waals surface area contributed by atoms with E-state index in [9.17, 15) is 14.4 Å². The number of rotatable bonds is 6. The Kier molecular flexibility index (Phi) is 5.67. The molecule has 156 valence electrons. The van der Waals surface area contributed by atoms with Gasteiger partial charge in [0.2, 0.25) is 0 Å². The standard InChI is InChI=1S/C23H15Cl2NO5/c1-30-14-8-6-13(7-9-14)20(27)12-31-21-5-3-2-4-19(21)26-22(28)15-10-17(24)18(25)11-16(15)23(26)29/h2-11H,12H2,1H3. The number of imide groups is 1. The Morgan fingerprint density at radius 3 is 2.06 bits per heavy atom. The first kappa shape index (κ1) is 20.9. The third kappa shape index (κ3) is 3.87. The van der Waals surface area contributed by atoms with Crippen LogP contribution >= 0.6 is 23.2 Å². The van der Waals surface area contributed by atoms with Gasteiger partial charge in [0.1, 0.15) is 11.5 Å². The minimum Gasteiger partial charge on any atom is -0.497 e. The highest BCUT2D eigenvalue weighted by Gasteiger charge is 2.38. The number of amides is 2. The summed E-state index contributed by atoms with van der Waals surface area (Å²) in [7, 11) is 1.54. The molecule has 3 aromatic carbocycles. The zero-order valence-corrected chi connectivity index (χ0v) is 17.7. The first-order valence-electron chi connectivity index (χ1n) is 9.17. The molecule has 0 bridgehead atoms. The van der Waals surface area contributed by atoms with E-state index in [4.69, 9.17) is 32.7 Å². The normalized spacial score (nSPS) is 12.7. The van der Waals surface area contributed by atoms with E-state index >= 15 is 0 Å². The molecule has 0 saturated heterocycles. The monoisotopic (exact) mass is 455 g/mol. The average molecular weight is 456 g/mol. The maximum Gasteiger partial charge on any atom is 0.266 e. The van der Waals surface area contributed by atoms with E-state index in [0.717, 1.165) is 4.90 Å². The Morgan fingerprint density at radius 2 is 1.48 bits per heavy atom. The maximum absolute atomic E-state index is 12.9. The molecule has 6 nitrogen and oxygen atoms in total. The molecule has 0 aromatic heterocycles. The number of halogens is 2. The van der Waals surface area contributed by atoms with Crippen molar-refractivity contribution < 1.29 is 23.9 Å². The number of benzene rings is 3. The summed E-state index contributed by atoms with van der Waals surface area (Å²) in [5.74, 6) is -0.504. The van der Waals surface area contributed by atoms with Crippen LogP contribution in [0.25, 0.3) is 0 Å². The molecule has 1 heterocycles. The molecule has 3 aromatic rings. The van der Waals surface area contributed by atoms with Gasteiger partial charge in [0.05, 0.1) is 34.0 Å². The minimum atomic E-state index is -0.545. The zero-order valence-electron chi connectivity index (χ0n) is 16.2. The summed E-state index contributed by atoms with van der Waals surface area (Å²) in [4.78, 5) is 39.3. The van der Waals surface area contributed by atoms with Crippen molar-refractivity contribution in [3.63, 3.8) is 0 Å². The van der Waals surface area contributed by atoms with Crippen molar-refractivity contribution in [2.24, 2.45) is 0 Å². The molecule has 0 fully saturated rings. The molecule has 0 unspecified atom stereocenters. The number of ether oxygens (including phenoxy) is 2. The molecular formula is C23H15Cl2NO5. The van der Waals surface area contributed by atoms with Crippen LogP contribution in [0.2, 0.25) is 10.0 Å². The van der Waals surface area contributed by atoms with Gasteiger partial charge in [-0.1, -0.05) is 35.3 Å². The molecule has 8 heteroatoms. The third-order valence-electron chi connectivity index (χ3n) is 4.80. The molecule has 0 N–H and O–H groups in total. The topological polar surface area (TPSA) is 72.9 Å². The molecule has 2 amide bonds. The second-order valence-corrected chi connectivity index (χ2v) is 7.48. The number of fused-ring (bicyclic) bond motifs is 1. The zero-order chi connectivity index (χ0) is 22.1. The Hall–Kier alpha value is -3.35. The number of carbonyl (C=O) groups is 3. The van der Waals surface area contributed by atoms with Crippen molar-refractivity contribution in [3.8, 4) is 11.5 Å². The number of methoxy groups -OCH3 is 1. The van der Waals surface area contributed by atoms with Crippen LogP contribution < -0.4 is 14.4 Å². The fourth-order valence-electron chi connectivity index (χ4n) is 3.22. The molecule has 1 aliphatic rings. The van der Waals surface area contributed by atoms with Crippen LogP contribution in [0, 0.1) is 0 Å². The molecule has 0 radical (unpaired) electrons. The van der Waals surface area contributed by atoms with Gasteiger partial charge in [0.25, 0.3) is 11.8 Å². The Labute approximate surface area is 187 Å². The average Bonchev–Trinajstić information content (AvgIpc) is 3.02. The van der Waals surface area contributed by atoms with Crippen LogP contribution in [0.4, 0.5) is 5.69 Å². The van der Waals surface area contributed by atoms with Gasteiger partial charge in [0.15, 0.2) is 12.4 Å². The number of Topliss-reactive ketones (excluding diaryl/α,β-unsaturated/α-hetero) is 1. The Balaban J connectivity index is 1.58. The quantitative estimate of drug-likeness (QED) is 0.383. The summed E-state index contributed by atoms with van der Waals surface area (Å²) in [5, 5.41) is 0.357. The van der Waals surface area contributed by atoms with E-state index < -0.39 is 11.8 Å². The number of nitrogens with zero attached hydrogens (tertiary/aromatic N) is 1. The summed E-state index contributed by atoms with van der Waals surface area (Å²) in [6.07, 6.45) is 0. The van der Waals surface area contributed by atoms with Gasteiger partial charge >= 0.3 is 0 Å². The van der Waals surface area contributed by atoms with Crippen molar-refractivity contribution in [2.45, 2.75) is 0 Å². The fourth-order valence-corrected chi connectivity index (χ4v) is 3.55. The summed E-state index contributed by atoms with van der Waals surface area (Å²) in [6.45, 7) is -0.274. The van der Waals surface area contributed by atoms with Gasteiger partial charge in [-0.25, -0.2) is 4.90 Å². The molecule has 31 heavy (non-hydrogen) atoms. The largest absolute Gasteiger partial charge is 0.497 e. The highest BCUT2D eigenvalue weighted by Crippen LogP contribution is 2.37. The smallest absolute Gasteiger partial charge is 0.266 e. The number of anilines is 1. The van der Waals surface area contributed by atoms with Gasteiger partial charge in [-0.3, -0.25) is 14.4 Å². The Morgan fingerprint density at radius 1 is 0.903 bits per heavy atom. The van der Waals surface area contributed by atoms with Crippen molar-refractivity contribution in [1.82, 2.24) is 0 Å². The number of carbonyl (C=O) groups excluding carboxylic acids is 3. The highest BCUT2D eigenvalue weighted by atomic mass is 35.5. The lowest BCUT2D eigenvalue weighted by molar-refractivity contribution is 0.0922. The number of hydrogen-bond acceptors (Lipinski definition) is 5. The Bertz CT molecular complexity index is 1170. The van der Waals surface area contributed by atoms with E-state index in [1.807, 2.05) is 0 Å². The summed E-state index contributed by atoms with van der Waals surface area (Å²) >= 11 is 12.0. The fraction of sp³-hybridized carbons (Fsp3) is 0.0870. The van der Waals surface area contributed by atoms with Crippen LogP contribution in [0.3, 0.4) is 0 Å². The van der Waals surface area contributed by atoms with Gasteiger partial charge in [0, 0.05) is 5.56 Å². The first-order chi connectivity index (χ1) is 14.9. The van der Waals surface area contributed by atoms with Crippen LogP contribution in [0.5, 0.6) is 11.5 Å². The number of hydrogen-bond donors (Lipinski definition) is 0. The van der Waals surface area contributed by atoms with Crippen LogP contribution in [-0.2, 0) is 0 Å². The first-order valence-corrected chi connectivity index (χ1v) is 9.93. The summed E-state index contributed by atoms with van der Waals surface area (Å²) in [5.41, 5.74) is 0.985. The molecule has 4 rings (SSSR count). The highest BCUT2D eigenvalue weighted by molar-refractivity contribution is 6.44. The van der Waals surface area contributed by atoms with E-state index in [2.05, 4.69) is 0 Å². The van der Waals surface area contributed by atoms with E-state index in [1.165, 1.54) is 19.2 Å². The maximum atomic E-state index is 12.9. The number of ketones is 1. The van der Waals surface area contributed by atoms with E-state index in [0.29, 0.717) is 11.3 Å². The summed E-state index contributed by atoms with van der Waals surface area (Å²) < 4.78 is 10.8. The summed E-state index contributed by atoms with van der Waals surface area (Å²) in [6, 6.07) is 15.9. The van der Waals surface area contributed by atoms with Gasteiger partial charge in [-0.15, -0.1) is 0 Å². The van der Waals surface area contributed by atoms with Gasteiger partial charge in [-0.05, 0) is 48.5 Å². The lowest BCUT2D eigenvalue weighted by atomic mass is 10.1. The van der Waals surface area contributed by atoms with Crippen LogP contribution in [0.15, 0.2) is 60.7 Å². The van der Waals surface area contributed by atoms with Crippen molar-refractivity contribution in [1.29, 1.82) is 0 Å². The van der Waals surface area contributed by atoms with Gasteiger partial charge < -0.3 is 9.47 Å². The second kappa shape index (κ2) is 8.41. The van der Waals surface area contributed by atoms with Crippen molar-refractivity contribution in [3.05, 3.63) is 87.4 Å². The third-order valence-corrected chi connectivity index (χ3v) is 5.53. The van der Waals surface area contributed by atoms with E-state index in [1.54, 1.807) is 48.5 Å². The lowest BCUT2D eigenvalue weighted by Crippen LogP contribution is -2.30. The predicted molar refractivity (Wildman–Crippen MR) is 117 cm³/mol. The second-order valence-electron chi connectivity index (χ2n) is 6.67. The van der Waals surface area contributed by atoms with Gasteiger partial charge in [-0.2, -0.15) is 0 Å².